The van der Waals surface area contributed by atoms with E-state index < -0.39 is 60.4 Å². The van der Waals surface area contributed by atoms with Crippen LogP contribution in [-0.2, 0) is 38.0 Å². The first kappa shape index (κ1) is 26.3. The zero-order chi connectivity index (χ0) is 25.8. The quantitative estimate of drug-likeness (QED) is 0.450. The van der Waals surface area contributed by atoms with E-state index in [1.807, 2.05) is 0 Å². The average Bonchev–Trinajstić information content (AvgIpc) is 3.24. The van der Waals surface area contributed by atoms with Crippen LogP contribution < -0.4 is 17.2 Å². The van der Waals surface area contributed by atoms with Gasteiger partial charge in [-0.2, -0.15) is 0 Å². The van der Waals surface area contributed by atoms with Gasteiger partial charge in [-0.1, -0.05) is 12.8 Å². The van der Waals surface area contributed by atoms with Crippen molar-refractivity contribution in [1.29, 1.82) is 0 Å². The summed E-state index contributed by atoms with van der Waals surface area (Å²) < 4.78 is 44.3. The molecule has 3 aliphatic heterocycles. The summed E-state index contributed by atoms with van der Waals surface area (Å²) >= 11 is 0. The van der Waals surface area contributed by atoms with E-state index in [0.29, 0.717) is 13.0 Å². The highest BCUT2D eigenvalue weighted by Crippen LogP contribution is 2.46. The van der Waals surface area contributed by atoms with Gasteiger partial charge in [-0.15, -0.1) is 0 Å². The van der Waals surface area contributed by atoms with Gasteiger partial charge in [-0.05, 0) is 32.1 Å². The normalized spacial score (nSPS) is 46.8. The molecule has 3 saturated carbocycles. The van der Waals surface area contributed by atoms with E-state index in [1.165, 1.54) is 13.3 Å². The summed E-state index contributed by atoms with van der Waals surface area (Å²) in [6.45, 7) is 1.69. The second-order valence-electron chi connectivity index (χ2n) is 11.9. The van der Waals surface area contributed by atoms with Gasteiger partial charge in [0.2, 0.25) is 0 Å². The monoisotopic (exact) mass is 525 g/mol. The Kier molecular flexibility index (Phi) is 7.30. The van der Waals surface area contributed by atoms with E-state index >= 15 is 0 Å². The molecule has 10 unspecified atom stereocenters. The van der Waals surface area contributed by atoms with Crippen LogP contribution in [0.3, 0.4) is 0 Å². The predicted molar refractivity (Wildman–Crippen MR) is 130 cm³/mol. The van der Waals surface area contributed by atoms with Crippen LogP contribution in [0.25, 0.3) is 0 Å². The highest BCUT2D eigenvalue weighted by molar-refractivity contribution is 5.66. The van der Waals surface area contributed by atoms with E-state index in [9.17, 15) is 4.79 Å². The Bertz CT molecular complexity index is 835. The van der Waals surface area contributed by atoms with Crippen LogP contribution in [0.1, 0.15) is 77.6 Å². The molecule has 0 amide bonds. The van der Waals surface area contributed by atoms with E-state index in [1.54, 1.807) is 0 Å². The lowest BCUT2D eigenvalue weighted by Crippen LogP contribution is -2.70. The molecule has 0 aromatic heterocycles. The Morgan fingerprint density at radius 3 is 2.08 bits per heavy atom. The molecule has 37 heavy (non-hydrogen) atoms. The standard InChI is InChI=1S/C26H43N3O8/c1-14(30)32-22-18(29)24(33-17-13-31-25(36-21(17)22)8-4-2-5-9-25)34-19-15(27)12-16(28)20-23(19)37-26(35-20)10-6-3-7-11-26/h15-24H,2-13,27-29H2,1H3. The number of carbonyl (C=O) groups is 1. The van der Waals surface area contributed by atoms with Crippen molar-refractivity contribution in [3.05, 3.63) is 0 Å². The number of hydrogen-bond acceptors (Lipinski definition) is 11. The van der Waals surface area contributed by atoms with Gasteiger partial charge in [0, 0.05) is 44.7 Å². The van der Waals surface area contributed by atoms with Gasteiger partial charge in [-0.25, -0.2) is 0 Å². The molecule has 6 aliphatic rings. The molecule has 11 heteroatoms. The van der Waals surface area contributed by atoms with Crippen molar-refractivity contribution >= 4 is 5.97 Å². The fourth-order valence-corrected chi connectivity index (χ4v) is 7.26. The first-order valence-corrected chi connectivity index (χ1v) is 14.2. The smallest absolute Gasteiger partial charge is 0.303 e. The Balaban J connectivity index is 1.20. The summed E-state index contributed by atoms with van der Waals surface area (Å²) in [6, 6.07) is -1.41. The first-order chi connectivity index (χ1) is 17.8. The molecule has 11 nitrogen and oxygen atoms in total. The van der Waals surface area contributed by atoms with Crippen molar-refractivity contribution in [2.45, 2.75) is 150 Å². The summed E-state index contributed by atoms with van der Waals surface area (Å²) in [5.41, 5.74) is 19.7. The van der Waals surface area contributed by atoms with Crippen LogP contribution in [0, 0.1) is 0 Å². The maximum absolute atomic E-state index is 12.1. The third kappa shape index (κ3) is 4.96. The number of rotatable bonds is 3. The molecule has 3 heterocycles. The molecule has 210 valence electrons. The number of esters is 1. The summed E-state index contributed by atoms with van der Waals surface area (Å²) in [4.78, 5) is 12.1. The molecular formula is C26H43N3O8. The summed E-state index contributed by atoms with van der Waals surface area (Å²) in [5.74, 6) is -1.73. The van der Waals surface area contributed by atoms with E-state index in [4.69, 9.17) is 50.4 Å². The molecule has 6 fully saturated rings. The second-order valence-corrected chi connectivity index (χ2v) is 11.9. The summed E-state index contributed by atoms with van der Waals surface area (Å²) in [6.07, 6.45) is 6.35. The second kappa shape index (κ2) is 10.3. The predicted octanol–water partition coefficient (Wildman–Crippen LogP) is 0.934. The molecule has 0 radical (unpaired) electrons. The molecule has 3 aliphatic carbocycles. The van der Waals surface area contributed by atoms with Crippen molar-refractivity contribution in [3.63, 3.8) is 0 Å². The Morgan fingerprint density at radius 1 is 0.784 bits per heavy atom. The minimum Gasteiger partial charge on any atom is -0.458 e. The minimum absolute atomic E-state index is 0.243. The first-order valence-electron chi connectivity index (χ1n) is 14.2. The van der Waals surface area contributed by atoms with Crippen LogP contribution in [-0.4, -0.2) is 85.2 Å². The zero-order valence-electron chi connectivity index (χ0n) is 21.8. The van der Waals surface area contributed by atoms with Gasteiger partial charge in [0.05, 0.1) is 12.6 Å². The van der Waals surface area contributed by atoms with Crippen LogP contribution in [0.5, 0.6) is 0 Å². The highest BCUT2D eigenvalue weighted by Gasteiger charge is 2.59. The molecule has 3 saturated heterocycles. The zero-order valence-corrected chi connectivity index (χ0v) is 21.8. The fraction of sp³-hybridized carbons (Fsp3) is 0.962. The Morgan fingerprint density at radius 2 is 1.41 bits per heavy atom. The number of ether oxygens (including phenoxy) is 7. The van der Waals surface area contributed by atoms with Crippen LogP contribution >= 0.6 is 0 Å². The lowest BCUT2D eigenvalue weighted by Gasteiger charge is -2.53. The van der Waals surface area contributed by atoms with Crippen molar-refractivity contribution in [3.8, 4) is 0 Å². The largest absolute Gasteiger partial charge is 0.458 e. The van der Waals surface area contributed by atoms with E-state index in [0.717, 1.165) is 57.8 Å². The van der Waals surface area contributed by atoms with Crippen LogP contribution in [0.4, 0.5) is 0 Å². The highest BCUT2D eigenvalue weighted by atomic mass is 16.8. The Labute approximate surface area is 218 Å². The molecule has 6 rings (SSSR count). The Hall–Kier alpha value is -0.890. The number of hydrogen-bond donors (Lipinski definition) is 3. The third-order valence-electron chi connectivity index (χ3n) is 9.12. The van der Waals surface area contributed by atoms with Crippen molar-refractivity contribution in [1.82, 2.24) is 0 Å². The molecule has 0 bridgehead atoms. The molecule has 0 aromatic carbocycles. The average molecular weight is 526 g/mol. The molecule has 10 atom stereocenters. The topological polar surface area (TPSA) is 160 Å². The van der Waals surface area contributed by atoms with Gasteiger partial charge in [0.15, 0.2) is 24.0 Å². The fourth-order valence-electron chi connectivity index (χ4n) is 7.26. The van der Waals surface area contributed by atoms with Crippen molar-refractivity contribution in [2.75, 3.05) is 6.61 Å². The van der Waals surface area contributed by atoms with Crippen LogP contribution in [0.2, 0.25) is 0 Å². The maximum atomic E-state index is 12.1. The number of carbonyl (C=O) groups excluding carboxylic acids is 1. The summed E-state index contributed by atoms with van der Waals surface area (Å²) in [7, 11) is 0. The lowest BCUT2D eigenvalue weighted by atomic mass is 9.84. The van der Waals surface area contributed by atoms with Crippen molar-refractivity contribution in [2.24, 2.45) is 17.2 Å². The van der Waals surface area contributed by atoms with Crippen molar-refractivity contribution < 1.29 is 38.0 Å². The lowest BCUT2D eigenvalue weighted by molar-refractivity contribution is -0.388. The third-order valence-corrected chi connectivity index (χ3v) is 9.12. The molecule has 2 spiro atoms. The van der Waals surface area contributed by atoms with Gasteiger partial charge in [0.25, 0.3) is 0 Å². The SMILES string of the molecule is CC(=O)OC1C(N)C(OC2C(N)CC(N)C3OC4(CCCCC4)OC23)OC2COC3(CCCCC3)OC21. The molecular weight excluding hydrogens is 482 g/mol. The van der Waals surface area contributed by atoms with Gasteiger partial charge in [-0.3, -0.25) is 4.79 Å². The van der Waals surface area contributed by atoms with Gasteiger partial charge >= 0.3 is 5.97 Å². The van der Waals surface area contributed by atoms with E-state index in [-0.39, 0.29) is 18.2 Å². The summed E-state index contributed by atoms with van der Waals surface area (Å²) in [5, 5.41) is 0. The van der Waals surface area contributed by atoms with Gasteiger partial charge in [0.1, 0.15) is 30.5 Å². The minimum atomic E-state index is -0.893. The van der Waals surface area contributed by atoms with Crippen LogP contribution in [0.15, 0.2) is 0 Å². The maximum Gasteiger partial charge on any atom is 0.303 e. The molecule has 6 N–H and O–H groups in total. The number of nitrogens with two attached hydrogens (primary N) is 3. The molecule has 0 aromatic rings. The van der Waals surface area contributed by atoms with E-state index in [2.05, 4.69) is 0 Å². The number of fused-ring (bicyclic) bond motifs is 2. The van der Waals surface area contributed by atoms with Gasteiger partial charge < -0.3 is 50.4 Å².